The minimum atomic E-state index is -0.413. The average molecular weight is 433 g/mol. The molecule has 164 valence electrons. The molecule has 3 heterocycles. The van der Waals surface area contributed by atoms with Crippen molar-refractivity contribution in [1.29, 1.82) is 0 Å². The Kier molecular flexibility index (Phi) is 4.89. The minimum Gasteiger partial charge on any atom is -0.464 e. The van der Waals surface area contributed by atoms with Gasteiger partial charge in [0.15, 0.2) is 11.5 Å². The third-order valence-corrected chi connectivity index (χ3v) is 6.06. The van der Waals surface area contributed by atoms with Crippen LogP contribution < -0.4 is 20.4 Å². The number of carbonyl (C=O) groups excluding carboxylic acids is 1. The average Bonchev–Trinajstić information content (AvgIpc) is 3.39. The molecule has 7 nitrogen and oxygen atoms in total. The number of carbonyl (C=O) groups is 1. The van der Waals surface area contributed by atoms with Gasteiger partial charge in [0, 0.05) is 34.9 Å². The molecule has 0 atom stereocenters. The van der Waals surface area contributed by atoms with Gasteiger partial charge >= 0.3 is 5.63 Å². The van der Waals surface area contributed by atoms with E-state index in [1.54, 1.807) is 6.26 Å². The minimum absolute atomic E-state index is 0.140. The van der Waals surface area contributed by atoms with Crippen molar-refractivity contribution in [3.63, 3.8) is 0 Å². The number of benzene rings is 2. The topological polar surface area (TPSA) is 90.9 Å². The maximum atomic E-state index is 12.7. The molecule has 1 N–H and O–H groups in total. The first-order valence-corrected chi connectivity index (χ1v) is 10.5. The summed E-state index contributed by atoms with van der Waals surface area (Å²) in [6.45, 7) is 6.36. The van der Waals surface area contributed by atoms with E-state index in [1.165, 1.54) is 0 Å². The molecule has 0 fully saturated rings. The molecule has 32 heavy (non-hydrogen) atoms. The van der Waals surface area contributed by atoms with Crippen molar-refractivity contribution in [3.05, 3.63) is 68.8 Å². The van der Waals surface area contributed by atoms with Gasteiger partial charge in [-0.2, -0.15) is 0 Å². The van der Waals surface area contributed by atoms with Crippen molar-refractivity contribution in [2.24, 2.45) is 0 Å². The second-order valence-electron chi connectivity index (χ2n) is 8.13. The van der Waals surface area contributed by atoms with E-state index in [2.05, 4.69) is 5.32 Å². The first-order chi connectivity index (χ1) is 15.4. The van der Waals surface area contributed by atoms with Crippen molar-refractivity contribution in [2.75, 3.05) is 6.79 Å². The van der Waals surface area contributed by atoms with Gasteiger partial charge in [-0.1, -0.05) is 6.07 Å². The van der Waals surface area contributed by atoms with Crippen LogP contribution in [0.3, 0.4) is 0 Å². The smallest absolute Gasteiger partial charge is 0.339 e. The number of rotatable bonds is 5. The van der Waals surface area contributed by atoms with Gasteiger partial charge in [-0.3, -0.25) is 4.79 Å². The summed E-state index contributed by atoms with van der Waals surface area (Å²) in [5.74, 6) is 1.24. The third kappa shape index (κ3) is 3.39. The van der Waals surface area contributed by atoms with Gasteiger partial charge in [-0.05, 0) is 62.1 Å². The maximum Gasteiger partial charge on any atom is 0.339 e. The highest BCUT2D eigenvalue weighted by atomic mass is 16.7. The van der Waals surface area contributed by atoms with Gasteiger partial charge in [0.1, 0.15) is 11.2 Å². The Labute approximate surface area is 183 Å². The second-order valence-corrected chi connectivity index (χ2v) is 8.13. The highest BCUT2D eigenvalue weighted by Gasteiger charge is 2.18. The molecule has 4 aromatic rings. The summed E-state index contributed by atoms with van der Waals surface area (Å²) >= 11 is 0. The Bertz CT molecular complexity index is 1430. The predicted molar refractivity (Wildman–Crippen MR) is 119 cm³/mol. The zero-order valence-corrected chi connectivity index (χ0v) is 18.2. The molecule has 1 amide bonds. The number of nitrogens with one attached hydrogen (secondary N) is 1. The van der Waals surface area contributed by atoms with E-state index in [1.807, 2.05) is 45.0 Å². The standard InChI is InChI=1S/C25H23NO6/c1-13-11-29-23-15(3)24-19(9-18(13)23)14(2)17(25(28)32-24)5-7-22(27)26-10-16-4-6-20-21(8-16)31-12-30-20/h4,6,8-9,11H,5,7,10,12H2,1-3H3,(H,26,27). The lowest BCUT2D eigenvalue weighted by atomic mass is 9.98. The van der Waals surface area contributed by atoms with Gasteiger partial charge in [0.05, 0.1) is 6.26 Å². The Morgan fingerprint density at radius 3 is 2.66 bits per heavy atom. The SMILES string of the molecule is Cc1coc2c(C)c3oc(=O)c(CCC(=O)NCc4ccc5c(c4)OCO5)c(C)c3cc12. The summed E-state index contributed by atoms with van der Waals surface area (Å²) in [4.78, 5) is 25.1. The summed E-state index contributed by atoms with van der Waals surface area (Å²) in [5, 5.41) is 4.76. The van der Waals surface area contributed by atoms with Gasteiger partial charge < -0.3 is 23.6 Å². The lowest BCUT2D eigenvalue weighted by Crippen LogP contribution is -2.24. The lowest BCUT2D eigenvalue weighted by molar-refractivity contribution is -0.121. The quantitative estimate of drug-likeness (QED) is 0.468. The molecule has 0 radical (unpaired) electrons. The molecular weight excluding hydrogens is 410 g/mol. The Hall–Kier alpha value is -3.74. The Balaban J connectivity index is 1.33. The molecule has 2 aromatic heterocycles. The third-order valence-electron chi connectivity index (χ3n) is 6.06. The van der Waals surface area contributed by atoms with E-state index in [0.29, 0.717) is 35.6 Å². The van der Waals surface area contributed by atoms with Gasteiger partial charge in [0.2, 0.25) is 12.7 Å². The highest BCUT2D eigenvalue weighted by Crippen LogP contribution is 2.33. The Morgan fingerprint density at radius 1 is 1.00 bits per heavy atom. The largest absolute Gasteiger partial charge is 0.464 e. The van der Waals surface area contributed by atoms with Crippen LogP contribution >= 0.6 is 0 Å². The summed E-state index contributed by atoms with van der Waals surface area (Å²) in [6.07, 6.45) is 2.20. The number of hydrogen-bond donors (Lipinski definition) is 1. The molecule has 5 rings (SSSR count). The van der Waals surface area contributed by atoms with E-state index in [9.17, 15) is 9.59 Å². The molecule has 0 spiro atoms. The summed E-state index contributed by atoms with van der Waals surface area (Å²) in [7, 11) is 0. The molecule has 0 aliphatic carbocycles. The number of hydrogen-bond acceptors (Lipinski definition) is 6. The fourth-order valence-corrected chi connectivity index (χ4v) is 4.19. The van der Waals surface area contributed by atoms with Crippen LogP contribution in [0.15, 0.2) is 44.2 Å². The van der Waals surface area contributed by atoms with Gasteiger partial charge in [0.25, 0.3) is 0 Å². The number of aryl methyl sites for hydroxylation is 3. The number of ether oxygens (including phenoxy) is 2. The molecule has 1 aliphatic heterocycles. The summed E-state index contributed by atoms with van der Waals surface area (Å²) < 4.78 is 22.0. The van der Waals surface area contributed by atoms with E-state index in [0.717, 1.165) is 38.6 Å². The number of amides is 1. The molecule has 7 heteroatoms. The van der Waals surface area contributed by atoms with E-state index in [-0.39, 0.29) is 19.1 Å². The fraction of sp³-hybridized carbons (Fsp3) is 0.280. The van der Waals surface area contributed by atoms with Crippen molar-refractivity contribution in [3.8, 4) is 11.5 Å². The number of furan rings is 1. The van der Waals surface area contributed by atoms with E-state index >= 15 is 0 Å². The second kappa shape index (κ2) is 7.75. The van der Waals surface area contributed by atoms with Crippen LogP contribution in [0.2, 0.25) is 0 Å². The van der Waals surface area contributed by atoms with Gasteiger partial charge in [-0.25, -0.2) is 4.79 Å². The van der Waals surface area contributed by atoms with Gasteiger partial charge in [-0.15, -0.1) is 0 Å². The predicted octanol–water partition coefficient (Wildman–Crippen LogP) is 4.44. The number of fused-ring (bicyclic) bond motifs is 3. The van der Waals surface area contributed by atoms with Crippen LogP contribution in [0.25, 0.3) is 21.9 Å². The van der Waals surface area contributed by atoms with Crippen LogP contribution in [0.4, 0.5) is 0 Å². The van der Waals surface area contributed by atoms with Crippen molar-refractivity contribution in [2.45, 2.75) is 40.2 Å². The first-order valence-electron chi connectivity index (χ1n) is 10.5. The summed E-state index contributed by atoms with van der Waals surface area (Å²) in [5.41, 5.74) is 4.96. The monoisotopic (exact) mass is 433 g/mol. The first kappa shape index (κ1) is 20.2. The molecule has 0 bridgehead atoms. The zero-order chi connectivity index (χ0) is 22.4. The normalized spacial score (nSPS) is 12.6. The van der Waals surface area contributed by atoms with Crippen LogP contribution in [-0.2, 0) is 17.8 Å². The Morgan fingerprint density at radius 2 is 1.81 bits per heavy atom. The highest BCUT2D eigenvalue weighted by molar-refractivity contribution is 5.99. The molecule has 0 saturated heterocycles. The molecular formula is C25H23NO6. The maximum absolute atomic E-state index is 12.7. The van der Waals surface area contributed by atoms with Crippen molar-refractivity contribution in [1.82, 2.24) is 5.32 Å². The molecule has 0 unspecified atom stereocenters. The summed E-state index contributed by atoms with van der Waals surface area (Å²) in [6, 6.07) is 7.56. The zero-order valence-electron chi connectivity index (χ0n) is 18.2. The fourth-order valence-electron chi connectivity index (χ4n) is 4.19. The molecule has 1 aliphatic rings. The molecule has 0 saturated carbocycles. The van der Waals surface area contributed by atoms with Crippen LogP contribution in [0.5, 0.6) is 11.5 Å². The van der Waals surface area contributed by atoms with Crippen LogP contribution in [0, 0.1) is 20.8 Å². The molecule has 2 aromatic carbocycles. The van der Waals surface area contributed by atoms with Crippen LogP contribution in [0.1, 0.15) is 34.2 Å². The van der Waals surface area contributed by atoms with E-state index < -0.39 is 5.63 Å². The van der Waals surface area contributed by atoms with Crippen molar-refractivity contribution < 1.29 is 23.1 Å². The lowest BCUT2D eigenvalue weighted by Gasteiger charge is -2.10. The van der Waals surface area contributed by atoms with Crippen LogP contribution in [-0.4, -0.2) is 12.7 Å². The van der Waals surface area contributed by atoms with E-state index in [4.69, 9.17) is 18.3 Å². The van der Waals surface area contributed by atoms with Crippen molar-refractivity contribution >= 4 is 27.8 Å².